The molecule has 3 aromatic rings. The summed E-state index contributed by atoms with van der Waals surface area (Å²) in [6.45, 7) is 3.55. The number of carbonyl (C=O) groups is 1. The zero-order valence-electron chi connectivity index (χ0n) is 14.8. The van der Waals surface area contributed by atoms with Crippen LogP contribution in [0.5, 0.6) is 0 Å². The molecule has 1 aliphatic heterocycles. The maximum atomic E-state index is 12.7. The van der Waals surface area contributed by atoms with Gasteiger partial charge < -0.3 is 9.64 Å². The number of hydrogen-bond acceptors (Lipinski definition) is 4. The molecular formula is C21H21N3O2. The molecule has 1 aliphatic rings. The van der Waals surface area contributed by atoms with Gasteiger partial charge in [-0.1, -0.05) is 42.5 Å². The van der Waals surface area contributed by atoms with Gasteiger partial charge in [-0.2, -0.15) is 0 Å². The average Bonchev–Trinajstić information content (AvgIpc) is 2.69. The third-order valence-electron chi connectivity index (χ3n) is 4.75. The van der Waals surface area contributed by atoms with Gasteiger partial charge in [-0.05, 0) is 23.3 Å². The van der Waals surface area contributed by atoms with Gasteiger partial charge in [-0.25, -0.2) is 4.98 Å². The van der Waals surface area contributed by atoms with Gasteiger partial charge in [0.15, 0.2) is 0 Å². The third-order valence-corrected chi connectivity index (χ3v) is 4.75. The van der Waals surface area contributed by atoms with E-state index in [4.69, 9.17) is 4.74 Å². The summed E-state index contributed by atoms with van der Waals surface area (Å²) in [6.07, 6.45) is 3.94. The fourth-order valence-corrected chi connectivity index (χ4v) is 3.41. The highest BCUT2D eigenvalue weighted by molar-refractivity contribution is 5.92. The highest BCUT2D eigenvalue weighted by Gasteiger charge is 2.26. The Labute approximate surface area is 152 Å². The van der Waals surface area contributed by atoms with Crippen LogP contribution in [0.1, 0.15) is 21.7 Å². The van der Waals surface area contributed by atoms with E-state index in [1.54, 1.807) is 12.4 Å². The standard InChI is InChI=1S/C21H21N3O2/c1-15-12-23-20(13-22-15)21(25)24-9-10-26-18(14-24)11-17-7-4-6-16-5-2-3-8-19(16)17/h2-8,12-13,18H,9-11,14H2,1H3/t18-/m1/s1. The Hall–Kier alpha value is -2.79. The molecule has 132 valence electrons. The van der Waals surface area contributed by atoms with Crippen molar-refractivity contribution in [3.63, 3.8) is 0 Å². The van der Waals surface area contributed by atoms with Crippen molar-refractivity contribution in [2.45, 2.75) is 19.4 Å². The van der Waals surface area contributed by atoms with Crippen molar-refractivity contribution in [1.82, 2.24) is 14.9 Å². The summed E-state index contributed by atoms with van der Waals surface area (Å²) < 4.78 is 5.94. The predicted molar refractivity (Wildman–Crippen MR) is 100 cm³/mol. The molecule has 0 radical (unpaired) electrons. The molecule has 26 heavy (non-hydrogen) atoms. The lowest BCUT2D eigenvalue weighted by molar-refractivity contribution is -0.0209. The smallest absolute Gasteiger partial charge is 0.274 e. The summed E-state index contributed by atoms with van der Waals surface area (Å²) >= 11 is 0. The second-order valence-electron chi connectivity index (χ2n) is 6.63. The minimum absolute atomic E-state index is 0.0167. The van der Waals surface area contributed by atoms with Gasteiger partial charge in [0, 0.05) is 25.7 Å². The number of rotatable bonds is 3. The quantitative estimate of drug-likeness (QED) is 0.731. The molecule has 0 unspecified atom stereocenters. The Balaban J connectivity index is 1.50. The Morgan fingerprint density at radius 1 is 1.15 bits per heavy atom. The maximum absolute atomic E-state index is 12.7. The molecule has 1 amide bonds. The van der Waals surface area contributed by atoms with E-state index in [2.05, 4.69) is 46.4 Å². The topological polar surface area (TPSA) is 55.3 Å². The van der Waals surface area contributed by atoms with Crippen molar-refractivity contribution < 1.29 is 9.53 Å². The molecule has 5 nitrogen and oxygen atoms in total. The van der Waals surface area contributed by atoms with Crippen molar-refractivity contribution in [3.05, 3.63) is 71.8 Å². The lowest BCUT2D eigenvalue weighted by Crippen LogP contribution is -2.46. The molecule has 4 rings (SSSR count). The maximum Gasteiger partial charge on any atom is 0.274 e. The van der Waals surface area contributed by atoms with Crippen LogP contribution in [0.2, 0.25) is 0 Å². The highest BCUT2D eigenvalue weighted by atomic mass is 16.5. The van der Waals surface area contributed by atoms with Crippen molar-refractivity contribution in [2.24, 2.45) is 0 Å². The second kappa shape index (κ2) is 7.22. The number of carbonyl (C=O) groups excluding carboxylic acids is 1. The van der Waals surface area contributed by atoms with Crippen molar-refractivity contribution in [3.8, 4) is 0 Å². The number of fused-ring (bicyclic) bond motifs is 1. The molecule has 0 bridgehead atoms. The number of aromatic nitrogens is 2. The molecule has 1 atom stereocenters. The monoisotopic (exact) mass is 347 g/mol. The van der Waals surface area contributed by atoms with Crippen LogP contribution in [0.25, 0.3) is 10.8 Å². The largest absolute Gasteiger partial charge is 0.374 e. The fraction of sp³-hybridized carbons (Fsp3) is 0.286. The first-order valence-electron chi connectivity index (χ1n) is 8.87. The van der Waals surface area contributed by atoms with Crippen molar-refractivity contribution in [1.29, 1.82) is 0 Å². The first-order chi connectivity index (χ1) is 12.7. The number of benzene rings is 2. The van der Waals surface area contributed by atoms with E-state index < -0.39 is 0 Å². The highest BCUT2D eigenvalue weighted by Crippen LogP contribution is 2.22. The summed E-state index contributed by atoms with van der Waals surface area (Å²) in [7, 11) is 0. The van der Waals surface area contributed by atoms with Gasteiger partial charge in [0.05, 0.1) is 24.6 Å². The van der Waals surface area contributed by atoms with Gasteiger partial charge in [-0.3, -0.25) is 9.78 Å². The van der Waals surface area contributed by atoms with Crippen LogP contribution < -0.4 is 0 Å². The number of nitrogens with zero attached hydrogens (tertiary/aromatic N) is 3. The van der Waals surface area contributed by atoms with E-state index in [0.717, 1.165) is 12.1 Å². The molecule has 1 saturated heterocycles. The molecule has 0 aliphatic carbocycles. The van der Waals surface area contributed by atoms with Gasteiger partial charge in [0.25, 0.3) is 5.91 Å². The summed E-state index contributed by atoms with van der Waals surface area (Å²) in [5.74, 6) is -0.0799. The number of hydrogen-bond donors (Lipinski definition) is 0. The van der Waals surface area contributed by atoms with Crippen LogP contribution >= 0.6 is 0 Å². The third kappa shape index (κ3) is 3.44. The minimum Gasteiger partial charge on any atom is -0.374 e. The minimum atomic E-state index is -0.0799. The van der Waals surface area contributed by atoms with Crippen LogP contribution in [0.3, 0.4) is 0 Å². The fourth-order valence-electron chi connectivity index (χ4n) is 3.41. The molecular weight excluding hydrogens is 326 g/mol. The lowest BCUT2D eigenvalue weighted by atomic mass is 9.99. The number of amides is 1. The van der Waals surface area contributed by atoms with Gasteiger partial charge in [0.2, 0.25) is 0 Å². The summed E-state index contributed by atoms with van der Waals surface area (Å²) in [6, 6.07) is 14.7. The molecule has 5 heteroatoms. The van der Waals surface area contributed by atoms with Gasteiger partial charge in [-0.15, -0.1) is 0 Å². The lowest BCUT2D eigenvalue weighted by Gasteiger charge is -2.33. The number of ether oxygens (including phenoxy) is 1. The molecule has 0 N–H and O–H groups in total. The van der Waals surface area contributed by atoms with Crippen molar-refractivity contribution in [2.75, 3.05) is 19.7 Å². The van der Waals surface area contributed by atoms with Gasteiger partial charge >= 0.3 is 0 Å². The first-order valence-corrected chi connectivity index (χ1v) is 8.87. The van der Waals surface area contributed by atoms with E-state index in [1.165, 1.54) is 16.3 Å². The van der Waals surface area contributed by atoms with E-state index >= 15 is 0 Å². The zero-order chi connectivity index (χ0) is 17.9. The number of aryl methyl sites for hydroxylation is 1. The Morgan fingerprint density at radius 2 is 2.00 bits per heavy atom. The van der Waals surface area contributed by atoms with Gasteiger partial charge in [0.1, 0.15) is 5.69 Å². The van der Waals surface area contributed by atoms with E-state index in [9.17, 15) is 4.79 Å². The van der Waals surface area contributed by atoms with Crippen LogP contribution in [0.15, 0.2) is 54.9 Å². The molecule has 1 fully saturated rings. The number of morpholine rings is 1. The van der Waals surface area contributed by atoms with Crippen LogP contribution in [-0.2, 0) is 11.2 Å². The molecule has 0 saturated carbocycles. The summed E-state index contributed by atoms with van der Waals surface area (Å²) in [5, 5.41) is 2.47. The van der Waals surface area contributed by atoms with Crippen LogP contribution in [0, 0.1) is 6.92 Å². The molecule has 2 aromatic carbocycles. The summed E-state index contributed by atoms with van der Waals surface area (Å²) in [5.41, 5.74) is 2.44. The first kappa shape index (κ1) is 16.7. The molecule has 1 aromatic heterocycles. The van der Waals surface area contributed by atoms with E-state index in [1.807, 2.05) is 17.9 Å². The Morgan fingerprint density at radius 3 is 2.85 bits per heavy atom. The van der Waals surface area contributed by atoms with Crippen molar-refractivity contribution >= 4 is 16.7 Å². The SMILES string of the molecule is Cc1cnc(C(=O)N2CCO[C@H](Cc3cccc4ccccc34)C2)cn1. The van der Waals surface area contributed by atoms with E-state index in [-0.39, 0.29) is 12.0 Å². The normalized spacial score (nSPS) is 17.4. The van der Waals surface area contributed by atoms with E-state index in [0.29, 0.717) is 25.4 Å². The average molecular weight is 347 g/mol. The second-order valence-corrected chi connectivity index (χ2v) is 6.63. The summed E-state index contributed by atoms with van der Waals surface area (Å²) in [4.78, 5) is 22.9. The predicted octanol–water partition coefficient (Wildman–Crippen LogP) is 3.02. The zero-order valence-corrected chi connectivity index (χ0v) is 14.8. The Bertz CT molecular complexity index is 919. The molecule has 2 heterocycles. The van der Waals surface area contributed by atoms with Crippen LogP contribution in [-0.4, -0.2) is 46.6 Å². The van der Waals surface area contributed by atoms with Crippen LogP contribution in [0.4, 0.5) is 0 Å². The molecule has 0 spiro atoms. The Kier molecular flexibility index (Phi) is 4.63.